The minimum Gasteiger partial charge on any atom is -0.508 e. The average Bonchev–Trinajstić information content (AvgIpc) is 2.66. The van der Waals surface area contributed by atoms with Gasteiger partial charge in [-0.05, 0) is 49.6 Å². The van der Waals surface area contributed by atoms with Crippen LogP contribution >= 0.6 is 0 Å². The van der Waals surface area contributed by atoms with Crippen LogP contribution in [0.25, 0.3) is 0 Å². The number of phenols is 2. The van der Waals surface area contributed by atoms with Crippen molar-refractivity contribution in [1.82, 2.24) is 0 Å². The second kappa shape index (κ2) is 9.04. The molecule has 0 aliphatic heterocycles. The summed E-state index contributed by atoms with van der Waals surface area (Å²) < 4.78 is 5.12. The Morgan fingerprint density at radius 1 is 1.12 bits per heavy atom. The molecule has 0 fully saturated rings. The van der Waals surface area contributed by atoms with Crippen molar-refractivity contribution in [3.8, 4) is 17.2 Å². The highest BCUT2D eigenvalue weighted by Gasteiger charge is 2.13. The van der Waals surface area contributed by atoms with Gasteiger partial charge in [-0.25, -0.2) is 0 Å². The number of phenolic OH excluding ortho intramolecular Hbond substituents is 2. The van der Waals surface area contributed by atoms with Gasteiger partial charge in [-0.2, -0.15) is 0 Å². The van der Waals surface area contributed by atoms with E-state index in [0.717, 1.165) is 11.3 Å². The molecule has 2 N–H and O–H groups in total. The predicted molar refractivity (Wildman–Crippen MR) is 103 cm³/mol. The van der Waals surface area contributed by atoms with Gasteiger partial charge in [0.2, 0.25) is 0 Å². The Kier molecular flexibility index (Phi) is 6.78. The van der Waals surface area contributed by atoms with E-state index in [2.05, 4.69) is 4.99 Å². The molecule has 0 bridgehead atoms. The SMILES string of the molecule is CCC(=NCC(=O)CCc1ccc(OC)cc1)c1ccc(O)c(C)c1O. The zero-order chi connectivity index (χ0) is 19.1. The van der Waals surface area contributed by atoms with Gasteiger partial charge in [-0.15, -0.1) is 0 Å². The highest BCUT2D eigenvalue weighted by Crippen LogP contribution is 2.30. The molecule has 26 heavy (non-hydrogen) atoms. The quantitative estimate of drug-likeness (QED) is 0.706. The highest BCUT2D eigenvalue weighted by atomic mass is 16.5. The molecule has 2 aromatic carbocycles. The van der Waals surface area contributed by atoms with E-state index < -0.39 is 0 Å². The molecule has 2 rings (SSSR count). The van der Waals surface area contributed by atoms with Crippen molar-refractivity contribution in [2.24, 2.45) is 4.99 Å². The fourth-order valence-corrected chi connectivity index (χ4v) is 2.65. The smallest absolute Gasteiger partial charge is 0.154 e. The summed E-state index contributed by atoms with van der Waals surface area (Å²) in [5.74, 6) is 0.886. The molecule has 138 valence electrons. The van der Waals surface area contributed by atoms with E-state index in [4.69, 9.17) is 4.74 Å². The Bertz CT molecular complexity index is 794. The number of carbonyl (C=O) groups excluding carboxylic acids is 1. The monoisotopic (exact) mass is 355 g/mol. The van der Waals surface area contributed by atoms with Crippen molar-refractivity contribution in [2.75, 3.05) is 13.7 Å². The van der Waals surface area contributed by atoms with Crippen molar-refractivity contribution in [3.63, 3.8) is 0 Å². The number of ketones is 1. The first-order chi connectivity index (χ1) is 12.5. The summed E-state index contributed by atoms with van der Waals surface area (Å²) >= 11 is 0. The number of methoxy groups -OCH3 is 1. The number of aryl methyl sites for hydroxylation is 1. The van der Waals surface area contributed by atoms with Crippen LogP contribution in [0, 0.1) is 6.92 Å². The zero-order valence-electron chi connectivity index (χ0n) is 15.5. The van der Waals surface area contributed by atoms with Gasteiger partial charge >= 0.3 is 0 Å². The van der Waals surface area contributed by atoms with Crippen LogP contribution in [0.5, 0.6) is 17.2 Å². The number of nitrogens with zero attached hydrogens (tertiary/aromatic N) is 1. The minimum atomic E-state index is 0.0104. The molecular weight excluding hydrogens is 330 g/mol. The van der Waals surface area contributed by atoms with Crippen LogP contribution in [0.1, 0.15) is 36.5 Å². The maximum Gasteiger partial charge on any atom is 0.154 e. The lowest BCUT2D eigenvalue weighted by Crippen LogP contribution is -2.08. The van der Waals surface area contributed by atoms with E-state index in [1.807, 2.05) is 31.2 Å². The van der Waals surface area contributed by atoms with E-state index in [1.54, 1.807) is 20.1 Å². The second-order valence-corrected chi connectivity index (χ2v) is 6.11. The standard InChI is InChI=1S/C21H25NO4/c1-4-19(18-11-12-20(24)14(2)21(18)25)22-13-16(23)8-5-15-6-9-17(26-3)10-7-15/h6-7,9-12,24-25H,4-5,8,13H2,1-3H3. The van der Waals surface area contributed by atoms with Crippen LogP contribution < -0.4 is 4.74 Å². The summed E-state index contributed by atoms with van der Waals surface area (Å²) in [5, 5.41) is 19.9. The Hall–Kier alpha value is -2.82. The summed E-state index contributed by atoms with van der Waals surface area (Å²) in [6.45, 7) is 3.64. The van der Waals surface area contributed by atoms with Crippen molar-refractivity contribution in [2.45, 2.75) is 33.1 Å². The summed E-state index contributed by atoms with van der Waals surface area (Å²) in [7, 11) is 1.62. The van der Waals surface area contributed by atoms with E-state index in [1.165, 1.54) is 6.07 Å². The van der Waals surface area contributed by atoms with Gasteiger partial charge in [0.15, 0.2) is 5.78 Å². The van der Waals surface area contributed by atoms with Crippen LogP contribution in [-0.4, -0.2) is 35.4 Å². The molecule has 0 saturated carbocycles. The van der Waals surface area contributed by atoms with Gasteiger partial charge in [-0.1, -0.05) is 19.1 Å². The number of ether oxygens (including phenoxy) is 1. The number of hydrogen-bond acceptors (Lipinski definition) is 5. The maximum absolute atomic E-state index is 12.2. The number of Topliss-reactive ketones (excluding diaryl/α,β-unsaturated/α-hetero) is 1. The number of hydrogen-bond donors (Lipinski definition) is 2. The minimum absolute atomic E-state index is 0.0104. The zero-order valence-corrected chi connectivity index (χ0v) is 15.5. The van der Waals surface area contributed by atoms with Crippen molar-refractivity contribution in [3.05, 3.63) is 53.1 Å². The largest absolute Gasteiger partial charge is 0.508 e. The van der Waals surface area contributed by atoms with E-state index in [9.17, 15) is 15.0 Å². The second-order valence-electron chi connectivity index (χ2n) is 6.11. The Morgan fingerprint density at radius 2 is 1.81 bits per heavy atom. The van der Waals surface area contributed by atoms with Gasteiger partial charge < -0.3 is 14.9 Å². The summed E-state index contributed by atoms with van der Waals surface area (Å²) in [6, 6.07) is 10.8. The molecule has 0 atom stereocenters. The molecule has 0 radical (unpaired) electrons. The number of aliphatic imine (C=N–C) groups is 1. The van der Waals surface area contributed by atoms with Crippen LogP contribution in [0.3, 0.4) is 0 Å². The van der Waals surface area contributed by atoms with Gasteiger partial charge in [0.25, 0.3) is 0 Å². The lowest BCUT2D eigenvalue weighted by molar-refractivity contribution is -0.117. The van der Waals surface area contributed by atoms with E-state index in [0.29, 0.717) is 36.1 Å². The molecule has 0 unspecified atom stereocenters. The number of benzene rings is 2. The Morgan fingerprint density at radius 3 is 2.42 bits per heavy atom. The Labute approximate surface area is 154 Å². The predicted octanol–water partition coefficient (Wildman–Crippen LogP) is 3.82. The molecule has 0 saturated heterocycles. The first kappa shape index (κ1) is 19.5. The number of aromatic hydroxyl groups is 2. The van der Waals surface area contributed by atoms with Crippen molar-refractivity contribution >= 4 is 11.5 Å². The molecule has 0 aliphatic carbocycles. The third kappa shape index (κ3) is 4.85. The van der Waals surface area contributed by atoms with Crippen LogP contribution in [-0.2, 0) is 11.2 Å². The van der Waals surface area contributed by atoms with Crippen LogP contribution in [0.4, 0.5) is 0 Å². The summed E-state index contributed by atoms with van der Waals surface area (Å²) in [4.78, 5) is 16.6. The van der Waals surface area contributed by atoms with E-state index in [-0.39, 0.29) is 23.8 Å². The molecule has 0 aromatic heterocycles. The molecule has 2 aromatic rings. The average molecular weight is 355 g/mol. The van der Waals surface area contributed by atoms with Crippen LogP contribution in [0.2, 0.25) is 0 Å². The summed E-state index contributed by atoms with van der Waals surface area (Å²) in [6.07, 6.45) is 1.65. The lowest BCUT2D eigenvalue weighted by Gasteiger charge is -2.10. The van der Waals surface area contributed by atoms with E-state index >= 15 is 0 Å². The van der Waals surface area contributed by atoms with Crippen LogP contribution in [0.15, 0.2) is 41.4 Å². The maximum atomic E-state index is 12.2. The van der Waals surface area contributed by atoms with Gasteiger partial charge in [-0.3, -0.25) is 9.79 Å². The number of carbonyl (C=O) groups is 1. The third-order valence-corrected chi connectivity index (χ3v) is 4.35. The molecule has 0 aliphatic rings. The molecule has 5 heteroatoms. The van der Waals surface area contributed by atoms with Gasteiger partial charge in [0.1, 0.15) is 17.2 Å². The topological polar surface area (TPSA) is 79.1 Å². The molecule has 5 nitrogen and oxygen atoms in total. The summed E-state index contributed by atoms with van der Waals surface area (Å²) in [5.41, 5.74) is 2.70. The first-order valence-electron chi connectivity index (χ1n) is 8.66. The Balaban J connectivity index is 1.99. The molecule has 0 spiro atoms. The molecule has 0 heterocycles. The number of rotatable bonds is 8. The fourth-order valence-electron chi connectivity index (χ4n) is 2.65. The van der Waals surface area contributed by atoms with Gasteiger partial charge in [0, 0.05) is 23.3 Å². The highest BCUT2D eigenvalue weighted by molar-refractivity contribution is 6.04. The molecule has 0 amide bonds. The lowest BCUT2D eigenvalue weighted by atomic mass is 10.0. The molecular formula is C21H25NO4. The van der Waals surface area contributed by atoms with Gasteiger partial charge in [0.05, 0.1) is 13.7 Å². The van der Waals surface area contributed by atoms with Crippen molar-refractivity contribution in [1.29, 1.82) is 0 Å². The van der Waals surface area contributed by atoms with Crippen molar-refractivity contribution < 1.29 is 19.7 Å². The fraction of sp³-hybridized carbons (Fsp3) is 0.333. The first-order valence-corrected chi connectivity index (χ1v) is 8.66. The normalized spacial score (nSPS) is 11.4. The third-order valence-electron chi connectivity index (χ3n) is 4.35.